The average molecular weight is 352 g/mol. The van der Waals surface area contributed by atoms with Crippen LogP contribution in [0, 0.1) is 6.92 Å². The van der Waals surface area contributed by atoms with Gasteiger partial charge < -0.3 is 13.5 Å². The molecule has 0 saturated carbocycles. The lowest BCUT2D eigenvalue weighted by Gasteiger charge is -2.13. The van der Waals surface area contributed by atoms with Crippen LogP contribution in [0.15, 0.2) is 36.7 Å². The monoisotopic (exact) mass is 352 g/mol. The van der Waals surface area contributed by atoms with Gasteiger partial charge in [-0.2, -0.15) is 9.29 Å². The summed E-state index contributed by atoms with van der Waals surface area (Å²) in [6, 6.07) is 3.00. The fraction of sp³-hybridized carbons (Fsp3) is 0.357. The Bertz CT molecular complexity index is 926. The first-order chi connectivity index (χ1) is 11.4. The van der Waals surface area contributed by atoms with Crippen molar-refractivity contribution in [1.82, 2.24) is 19.6 Å². The van der Waals surface area contributed by atoms with E-state index < -0.39 is 10.0 Å². The van der Waals surface area contributed by atoms with Gasteiger partial charge >= 0.3 is 0 Å². The highest BCUT2D eigenvalue weighted by Gasteiger charge is 2.28. The Morgan fingerprint density at radius 3 is 2.67 bits per heavy atom. The molecule has 0 unspecified atom stereocenters. The minimum absolute atomic E-state index is 0.0302. The molecule has 0 aromatic carbocycles. The van der Waals surface area contributed by atoms with E-state index in [2.05, 4.69) is 15.3 Å². The van der Waals surface area contributed by atoms with Crippen LogP contribution in [-0.2, 0) is 23.0 Å². The van der Waals surface area contributed by atoms with Gasteiger partial charge in [0.15, 0.2) is 11.6 Å². The van der Waals surface area contributed by atoms with Gasteiger partial charge in [0.05, 0.1) is 12.7 Å². The molecule has 0 radical (unpaired) electrons. The molecular weight excluding hydrogens is 336 g/mol. The second-order valence-electron chi connectivity index (χ2n) is 5.13. The molecule has 0 saturated heterocycles. The molecule has 0 aliphatic carbocycles. The molecule has 3 aromatic rings. The van der Waals surface area contributed by atoms with E-state index in [9.17, 15) is 8.42 Å². The molecule has 3 aromatic heterocycles. The normalized spacial score (nSPS) is 12.2. The molecule has 0 fully saturated rings. The second kappa shape index (κ2) is 6.21. The van der Waals surface area contributed by atoms with Gasteiger partial charge in [0.1, 0.15) is 10.7 Å². The second-order valence-corrected chi connectivity index (χ2v) is 7.14. The Labute approximate surface area is 138 Å². The predicted molar refractivity (Wildman–Crippen MR) is 81.3 cm³/mol. The van der Waals surface area contributed by atoms with Crippen LogP contribution in [0.3, 0.4) is 0 Å². The quantitative estimate of drug-likeness (QED) is 0.661. The summed E-state index contributed by atoms with van der Waals surface area (Å²) in [6.07, 6.45) is 2.07. The van der Waals surface area contributed by atoms with Crippen LogP contribution >= 0.6 is 0 Å². The van der Waals surface area contributed by atoms with Crippen molar-refractivity contribution in [3.63, 3.8) is 0 Å². The smallest absolute Gasteiger partial charge is 0.246 e. The summed E-state index contributed by atoms with van der Waals surface area (Å²) in [7, 11) is -2.35. The molecule has 0 aliphatic rings. The maximum Gasteiger partial charge on any atom is 0.246 e. The summed E-state index contributed by atoms with van der Waals surface area (Å²) in [5.41, 5.74) is 0. The number of hydrogen-bond donors (Lipinski definition) is 0. The molecule has 24 heavy (non-hydrogen) atoms. The van der Waals surface area contributed by atoms with Crippen LogP contribution in [-0.4, -0.2) is 35.1 Å². The molecule has 9 nitrogen and oxygen atoms in total. The standard InChI is InChI=1S/C14H16N4O5S/c1-4-13-16-14(23-17-13)8-18(3)24(19,20)12-7-11(21-9(12)2)10-5-6-15-22-10/h5-7H,4,8H2,1-3H3. The van der Waals surface area contributed by atoms with Gasteiger partial charge in [-0.3, -0.25) is 0 Å². The summed E-state index contributed by atoms with van der Waals surface area (Å²) in [4.78, 5) is 4.16. The third-order valence-corrected chi connectivity index (χ3v) is 5.34. The first kappa shape index (κ1) is 16.4. The number of sulfonamides is 1. The van der Waals surface area contributed by atoms with E-state index in [-0.39, 0.29) is 23.1 Å². The number of aryl methyl sites for hydroxylation is 2. The van der Waals surface area contributed by atoms with Crippen molar-refractivity contribution in [3.8, 4) is 11.5 Å². The van der Waals surface area contributed by atoms with Gasteiger partial charge in [-0.25, -0.2) is 8.42 Å². The maximum atomic E-state index is 12.7. The lowest BCUT2D eigenvalue weighted by Crippen LogP contribution is -2.26. The Hall–Kier alpha value is -2.46. The maximum absolute atomic E-state index is 12.7. The molecule has 3 rings (SSSR count). The van der Waals surface area contributed by atoms with E-state index in [1.807, 2.05) is 6.92 Å². The van der Waals surface area contributed by atoms with Crippen molar-refractivity contribution >= 4 is 10.0 Å². The summed E-state index contributed by atoms with van der Waals surface area (Å²) in [6.45, 7) is 3.43. The highest BCUT2D eigenvalue weighted by atomic mass is 32.2. The Kier molecular flexibility index (Phi) is 4.24. The van der Waals surface area contributed by atoms with Crippen LogP contribution in [0.4, 0.5) is 0 Å². The summed E-state index contributed by atoms with van der Waals surface area (Å²) in [5, 5.41) is 7.33. The molecule has 0 bridgehead atoms. The molecule has 0 N–H and O–H groups in total. The van der Waals surface area contributed by atoms with Crippen molar-refractivity contribution in [2.75, 3.05) is 7.05 Å². The Balaban J connectivity index is 1.87. The summed E-state index contributed by atoms with van der Waals surface area (Å²) in [5.74, 6) is 1.67. The van der Waals surface area contributed by atoms with Gasteiger partial charge in [0.25, 0.3) is 0 Å². The van der Waals surface area contributed by atoms with Crippen LogP contribution in [0.5, 0.6) is 0 Å². The van der Waals surface area contributed by atoms with Gasteiger partial charge in [0.2, 0.25) is 21.7 Å². The summed E-state index contributed by atoms with van der Waals surface area (Å²) >= 11 is 0. The van der Waals surface area contributed by atoms with Gasteiger partial charge in [-0.05, 0) is 6.92 Å². The van der Waals surface area contributed by atoms with Crippen molar-refractivity contribution in [2.45, 2.75) is 31.7 Å². The lowest BCUT2D eigenvalue weighted by molar-refractivity contribution is 0.333. The van der Waals surface area contributed by atoms with Gasteiger partial charge in [-0.1, -0.05) is 17.2 Å². The molecule has 0 aliphatic heterocycles. The predicted octanol–water partition coefficient (Wildman–Crippen LogP) is 2.01. The summed E-state index contributed by atoms with van der Waals surface area (Å²) < 4.78 is 42.1. The molecule has 3 heterocycles. The molecule has 128 valence electrons. The van der Waals surface area contributed by atoms with Crippen molar-refractivity contribution < 1.29 is 21.9 Å². The highest BCUT2D eigenvalue weighted by molar-refractivity contribution is 7.89. The van der Waals surface area contributed by atoms with Gasteiger partial charge in [-0.15, -0.1) is 0 Å². The molecule has 10 heteroatoms. The van der Waals surface area contributed by atoms with Crippen molar-refractivity contribution in [2.24, 2.45) is 0 Å². The van der Waals surface area contributed by atoms with E-state index in [0.717, 1.165) is 4.31 Å². The number of furan rings is 1. The minimum atomic E-state index is -3.79. The molecule has 0 amide bonds. The SMILES string of the molecule is CCc1noc(CN(C)S(=O)(=O)c2cc(-c3ccno3)oc2C)n1. The molecule has 0 atom stereocenters. The lowest BCUT2D eigenvalue weighted by atomic mass is 10.3. The third-order valence-electron chi connectivity index (χ3n) is 3.43. The zero-order valence-electron chi connectivity index (χ0n) is 13.4. The fourth-order valence-electron chi connectivity index (χ4n) is 2.13. The van der Waals surface area contributed by atoms with Crippen LogP contribution < -0.4 is 0 Å². The highest BCUT2D eigenvalue weighted by Crippen LogP contribution is 2.29. The third kappa shape index (κ3) is 2.97. The van der Waals surface area contributed by atoms with E-state index in [0.29, 0.717) is 23.8 Å². The first-order valence-electron chi connectivity index (χ1n) is 7.21. The average Bonchev–Trinajstić information content (AvgIpc) is 3.26. The largest absolute Gasteiger partial charge is 0.457 e. The minimum Gasteiger partial charge on any atom is -0.457 e. The van der Waals surface area contributed by atoms with Crippen LogP contribution in [0.1, 0.15) is 24.4 Å². The zero-order valence-corrected chi connectivity index (χ0v) is 14.2. The van der Waals surface area contributed by atoms with Crippen molar-refractivity contribution in [3.05, 3.63) is 35.8 Å². The Morgan fingerprint density at radius 2 is 2.04 bits per heavy atom. The van der Waals surface area contributed by atoms with E-state index in [4.69, 9.17) is 13.5 Å². The van der Waals surface area contributed by atoms with E-state index in [1.165, 1.54) is 19.3 Å². The topological polar surface area (TPSA) is 115 Å². The van der Waals surface area contributed by atoms with Gasteiger partial charge in [0, 0.05) is 25.6 Å². The molecular formula is C14H16N4O5S. The number of hydrogen-bond acceptors (Lipinski definition) is 8. The first-order valence-corrected chi connectivity index (χ1v) is 8.65. The number of nitrogens with zero attached hydrogens (tertiary/aromatic N) is 4. The van der Waals surface area contributed by atoms with Crippen LogP contribution in [0.25, 0.3) is 11.5 Å². The van der Waals surface area contributed by atoms with Crippen LogP contribution in [0.2, 0.25) is 0 Å². The van der Waals surface area contributed by atoms with Crippen molar-refractivity contribution in [1.29, 1.82) is 0 Å². The number of aromatic nitrogens is 3. The van der Waals surface area contributed by atoms with E-state index >= 15 is 0 Å². The Morgan fingerprint density at radius 1 is 1.25 bits per heavy atom. The fourth-order valence-corrected chi connectivity index (χ4v) is 3.40. The van der Waals surface area contributed by atoms with E-state index in [1.54, 1.807) is 13.0 Å². The zero-order chi connectivity index (χ0) is 17.3. The number of rotatable bonds is 6. The molecule has 0 spiro atoms.